The van der Waals surface area contributed by atoms with Crippen molar-refractivity contribution in [3.8, 4) is 5.82 Å². The lowest BCUT2D eigenvalue weighted by molar-refractivity contribution is -0.137. The van der Waals surface area contributed by atoms with Crippen LogP contribution in [0, 0.1) is 0 Å². The lowest BCUT2D eigenvalue weighted by atomic mass is 10.3. The number of amides is 2. The fourth-order valence-electron chi connectivity index (χ4n) is 2.41. The van der Waals surface area contributed by atoms with E-state index in [4.69, 9.17) is 0 Å². The molecule has 0 saturated heterocycles. The van der Waals surface area contributed by atoms with Crippen LogP contribution in [-0.2, 0) is 6.18 Å². The number of nitrogens with one attached hydrogen (secondary N) is 3. The van der Waals surface area contributed by atoms with Crippen molar-refractivity contribution in [3.63, 3.8) is 0 Å². The maximum absolute atomic E-state index is 12.5. The summed E-state index contributed by atoms with van der Waals surface area (Å²) in [6.07, 6.45) is 1.84. The van der Waals surface area contributed by atoms with Crippen LogP contribution in [0.1, 0.15) is 12.0 Å². The Balaban J connectivity index is 1.41. The molecule has 29 heavy (non-hydrogen) atoms. The average Bonchev–Trinajstić information content (AvgIpc) is 3.22. The van der Waals surface area contributed by atoms with Crippen molar-refractivity contribution in [1.29, 1.82) is 0 Å². The SMILES string of the molecule is O=C(NCCCNc1ccc(C(F)(F)F)cn1)Nc1cccnc1-n1cccn1. The normalized spacial score (nSPS) is 11.1. The summed E-state index contributed by atoms with van der Waals surface area (Å²) in [4.78, 5) is 20.0. The molecule has 8 nitrogen and oxygen atoms in total. The van der Waals surface area contributed by atoms with Gasteiger partial charge in [0.05, 0.1) is 11.3 Å². The highest BCUT2D eigenvalue weighted by Gasteiger charge is 2.30. The van der Waals surface area contributed by atoms with Gasteiger partial charge in [0, 0.05) is 37.9 Å². The number of carbonyl (C=O) groups excluding carboxylic acids is 1. The monoisotopic (exact) mass is 405 g/mol. The first kappa shape index (κ1) is 20.1. The summed E-state index contributed by atoms with van der Waals surface area (Å²) in [7, 11) is 0. The third-order valence-electron chi connectivity index (χ3n) is 3.79. The molecule has 152 valence electrons. The Morgan fingerprint density at radius 2 is 1.93 bits per heavy atom. The molecule has 0 unspecified atom stereocenters. The van der Waals surface area contributed by atoms with Crippen LogP contribution in [-0.4, -0.2) is 38.9 Å². The van der Waals surface area contributed by atoms with Gasteiger partial charge in [0.1, 0.15) is 5.82 Å². The van der Waals surface area contributed by atoms with E-state index in [2.05, 4.69) is 31.0 Å². The van der Waals surface area contributed by atoms with E-state index >= 15 is 0 Å². The predicted molar refractivity (Wildman–Crippen MR) is 101 cm³/mol. The fraction of sp³-hybridized carbons (Fsp3) is 0.222. The van der Waals surface area contributed by atoms with Gasteiger partial charge >= 0.3 is 12.2 Å². The largest absolute Gasteiger partial charge is 0.417 e. The summed E-state index contributed by atoms with van der Waals surface area (Å²) in [5, 5.41) is 12.4. The molecule has 3 aromatic heterocycles. The van der Waals surface area contributed by atoms with Gasteiger partial charge in [-0.25, -0.2) is 19.4 Å². The van der Waals surface area contributed by atoms with Crippen LogP contribution in [0.5, 0.6) is 0 Å². The first-order chi connectivity index (χ1) is 13.9. The molecule has 2 amide bonds. The van der Waals surface area contributed by atoms with Gasteiger partial charge in [-0.15, -0.1) is 0 Å². The van der Waals surface area contributed by atoms with Crippen molar-refractivity contribution < 1.29 is 18.0 Å². The molecule has 0 fully saturated rings. The van der Waals surface area contributed by atoms with E-state index in [0.717, 1.165) is 12.3 Å². The van der Waals surface area contributed by atoms with E-state index in [-0.39, 0.29) is 0 Å². The third-order valence-corrected chi connectivity index (χ3v) is 3.79. The molecule has 3 N–H and O–H groups in total. The highest BCUT2D eigenvalue weighted by Crippen LogP contribution is 2.28. The number of aromatic nitrogens is 4. The standard InChI is InChI=1S/C18H18F3N7O/c19-18(20,21)13-5-6-15(25-12-13)22-8-2-9-24-17(29)27-14-4-1-7-23-16(14)28-11-3-10-26-28/h1,3-7,10-12H,2,8-9H2,(H,22,25)(H2,24,27,29). The van der Waals surface area contributed by atoms with Crippen molar-refractivity contribution in [2.24, 2.45) is 0 Å². The maximum Gasteiger partial charge on any atom is 0.417 e. The molecule has 3 rings (SSSR count). The summed E-state index contributed by atoms with van der Waals surface area (Å²) in [5.41, 5.74) is -0.299. The number of pyridine rings is 2. The van der Waals surface area contributed by atoms with Crippen molar-refractivity contribution in [3.05, 3.63) is 60.7 Å². The fourth-order valence-corrected chi connectivity index (χ4v) is 2.41. The highest BCUT2D eigenvalue weighted by atomic mass is 19.4. The molecule has 0 bridgehead atoms. The molecule has 0 aliphatic carbocycles. The minimum atomic E-state index is -4.41. The molecule has 0 aliphatic rings. The van der Waals surface area contributed by atoms with E-state index in [1.165, 1.54) is 10.7 Å². The van der Waals surface area contributed by atoms with Gasteiger partial charge in [0.2, 0.25) is 0 Å². The summed E-state index contributed by atoms with van der Waals surface area (Å²) < 4.78 is 39.0. The molecule has 0 spiro atoms. The van der Waals surface area contributed by atoms with E-state index < -0.39 is 17.8 Å². The lowest BCUT2D eigenvalue weighted by Crippen LogP contribution is -2.31. The van der Waals surface area contributed by atoms with E-state index in [0.29, 0.717) is 36.8 Å². The van der Waals surface area contributed by atoms with Crippen LogP contribution < -0.4 is 16.0 Å². The van der Waals surface area contributed by atoms with Crippen LogP contribution in [0.4, 0.5) is 29.5 Å². The molecule has 0 aliphatic heterocycles. The minimum absolute atomic E-state index is 0.335. The smallest absolute Gasteiger partial charge is 0.370 e. The number of alkyl halides is 3. The van der Waals surface area contributed by atoms with E-state index in [1.54, 1.807) is 36.8 Å². The van der Waals surface area contributed by atoms with E-state index in [9.17, 15) is 18.0 Å². The second-order valence-corrected chi connectivity index (χ2v) is 5.92. The van der Waals surface area contributed by atoms with Gasteiger partial charge in [0.25, 0.3) is 0 Å². The van der Waals surface area contributed by atoms with Crippen molar-refractivity contribution >= 4 is 17.5 Å². The van der Waals surface area contributed by atoms with Crippen LogP contribution >= 0.6 is 0 Å². The van der Waals surface area contributed by atoms with Gasteiger partial charge < -0.3 is 16.0 Å². The van der Waals surface area contributed by atoms with Gasteiger partial charge in [-0.3, -0.25) is 0 Å². The number of hydrogen-bond donors (Lipinski definition) is 3. The molecule has 0 atom stereocenters. The number of nitrogens with zero attached hydrogens (tertiary/aromatic N) is 4. The van der Waals surface area contributed by atoms with Crippen molar-refractivity contribution in [1.82, 2.24) is 25.1 Å². The summed E-state index contributed by atoms with van der Waals surface area (Å²) >= 11 is 0. The molecule has 3 heterocycles. The number of rotatable bonds is 7. The molecule has 0 aromatic carbocycles. The molecular weight excluding hydrogens is 387 g/mol. The predicted octanol–water partition coefficient (Wildman–Crippen LogP) is 3.30. The summed E-state index contributed by atoms with van der Waals surface area (Å²) in [6.45, 7) is 0.793. The van der Waals surface area contributed by atoms with Crippen LogP contribution in [0.15, 0.2) is 55.1 Å². The Labute approximate surface area is 164 Å². The zero-order chi connectivity index (χ0) is 20.7. The summed E-state index contributed by atoms with van der Waals surface area (Å²) in [5.74, 6) is 0.823. The Morgan fingerprint density at radius 3 is 2.62 bits per heavy atom. The van der Waals surface area contributed by atoms with E-state index in [1.807, 2.05) is 0 Å². The van der Waals surface area contributed by atoms with Gasteiger partial charge in [0.15, 0.2) is 5.82 Å². The molecule has 0 saturated carbocycles. The number of urea groups is 1. The number of carbonyl (C=O) groups is 1. The van der Waals surface area contributed by atoms with Crippen LogP contribution in [0.2, 0.25) is 0 Å². The molecule has 0 radical (unpaired) electrons. The zero-order valence-corrected chi connectivity index (χ0v) is 15.1. The Morgan fingerprint density at radius 1 is 1.07 bits per heavy atom. The van der Waals surface area contributed by atoms with Crippen LogP contribution in [0.3, 0.4) is 0 Å². The number of hydrogen-bond acceptors (Lipinski definition) is 5. The second-order valence-electron chi connectivity index (χ2n) is 5.92. The minimum Gasteiger partial charge on any atom is -0.370 e. The Bertz CT molecular complexity index is 927. The summed E-state index contributed by atoms with van der Waals surface area (Å²) in [6, 6.07) is 6.98. The average molecular weight is 405 g/mol. The zero-order valence-electron chi connectivity index (χ0n) is 15.1. The number of halogens is 3. The topological polar surface area (TPSA) is 96.8 Å². The molecule has 11 heteroatoms. The first-order valence-electron chi connectivity index (χ1n) is 8.70. The maximum atomic E-state index is 12.5. The quantitative estimate of drug-likeness (QED) is 0.524. The van der Waals surface area contributed by atoms with Gasteiger partial charge in [-0.2, -0.15) is 18.3 Å². The van der Waals surface area contributed by atoms with Gasteiger partial charge in [-0.05, 0) is 36.8 Å². The molecule has 3 aromatic rings. The first-order valence-corrected chi connectivity index (χ1v) is 8.70. The van der Waals surface area contributed by atoms with Crippen molar-refractivity contribution in [2.75, 3.05) is 23.7 Å². The third kappa shape index (κ3) is 5.67. The Kier molecular flexibility index (Phi) is 6.27. The number of anilines is 2. The second kappa shape index (κ2) is 9.04. The van der Waals surface area contributed by atoms with Crippen LogP contribution in [0.25, 0.3) is 5.82 Å². The highest BCUT2D eigenvalue weighted by molar-refractivity contribution is 5.90. The van der Waals surface area contributed by atoms with Crippen molar-refractivity contribution in [2.45, 2.75) is 12.6 Å². The molecular formula is C18H18F3N7O. The Hall–Kier alpha value is -3.63. The lowest BCUT2D eigenvalue weighted by Gasteiger charge is -2.11. The van der Waals surface area contributed by atoms with Gasteiger partial charge in [-0.1, -0.05) is 0 Å².